The van der Waals surface area contributed by atoms with Gasteiger partial charge in [0.1, 0.15) is 11.5 Å². The Morgan fingerprint density at radius 1 is 1.14 bits per heavy atom. The van der Waals surface area contributed by atoms with Crippen molar-refractivity contribution in [3.63, 3.8) is 0 Å². The van der Waals surface area contributed by atoms with Crippen LogP contribution in [0.3, 0.4) is 0 Å². The van der Waals surface area contributed by atoms with Gasteiger partial charge in [0.05, 0.1) is 11.3 Å². The Bertz CT molecular complexity index is 1100. The van der Waals surface area contributed by atoms with Crippen LogP contribution in [0.15, 0.2) is 30.3 Å². The lowest BCUT2D eigenvalue weighted by atomic mass is 9.98. The van der Waals surface area contributed by atoms with Crippen LogP contribution in [0.1, 0.15) is 36.5 Å². The molecule has 3 aromatic rings. The van der Waals surface area contributed by atoms with Crippen molar-refractivity contribution in [3.05, 3.63) is 51.8 Å². The normalized spacial score (nSPS) is 15.9. The van der Waals surface area contributed by atoms with Gasteiger partial charge in [-0.05, 0) is 72.9 Å². The molecular weight excluding hydrogens is 372 g/mol. The monoisotopic (exact) mass is 396 g/mol. The van der Waals surface area contributed by atoms with Crippen LogP contribution >= 0.6 is 12.2 Å². The number of hydrogen-bond donors (Lipinski definition) is 4. The summed E-state index contributed by atoms with van der Waals surface area (Å²) in [5, 5.41) is 31.2. The molecule has 146 valence electrons. The standard InChI is InChI=1S/C21H24N4O2S/c1-11(2)16-9-17(19(27)10-18(16)26)20-23-24-21(28)25(20)15-5-4-12-6-14(22-3)7-13(12)8-15/h4-5,8-11,14,22,26-27H,6-7H2,1-3H3,(H,24,28). The molecule has 0 saturated heterocycles. The van der Waals surface area contributed by atoms with Gasteiger partial charge in [0.25, 0.3) is 0 Å². The second-order valence-corrected chi connectivity index (χ2v) is 8.00. The maximum absolute atomic E-state index is 10.5. The number of benzene rings is 2. The number of fused-ring (bicyclic) bond motifs is 1. The lowest BCUT2D eigenvalue weighted by Crippen LogP contribution is -2.24. The number of rotatable bonds is 4. The Kier molecular flexibility index (Phi) is 4.72. The molecule has 7 heteroatoms. The number of aromatic hydroxyl groups is 2. The highest BCUT2D eigenvalue weighted by Gasteiger charge is 2.22. The number of phenols is 2. The van der Waals surface area contributed by atoms with Gasteiger partial charge in [0, 0.05) is 12.1 Å². The van der Waals surface area contributed by atoms with Crippen molar-refractivity contribution in [1.29, 1.82) is 0 Å². The first-order valence-electron chi connectivity index (χ1n) is 9.42. The summed E-state index contributed by atoms with van der Waals surface area (Å²) in [5.41, 5.74) is 4.82. The van der Waals surface area contributed by atoms with Gasteiger partial charge in [0.2, 0.25) is 0 Å². The van der Waals surface area contributed by atoms with Crippen LogP contribution < -0.4 is 5.32 Å². The van der Waals surface area contributed by atoms with Gasteiger partial charge in [-0.3, -0.25) is 9.67 Å². The van der Waals surface area contributed by atoms with Crippen molar-refractivity contribution in [2.24, 2.45) is 0 Å². The highest BCUT2D eigenvalue weighted by atomic mass is 32.1. The van der Waals surface area contributed by atoms with E-state index in [1.165, 1.54) is 17.2 Å². The second-order valence-electron chi connectivity index (χ2n) is 7.62. The molecule has 0 fully saturated rings. The summed E-state index contributed by atoms with van der Waals surface area (Å²) in [7, 11) is 1.99. The van der Waals surface area contributed by atoms with E-state index in [0.29, 0.717) is 22.2 Å². The molecule has 0 saturated carbocycles. The van der Waals surface area contributed by atoms with Crippen LogP contribution in [0.25, 0.3) is 17.1 Å². The van der Waals surface area contributed by atoms with E-state index in [1.54, 1.807) is 6.07 Å². The Labute approximate surface area is 168 Å². The number of aromatic nitrogens is 3. The molecule has 1 aromatic heterocycles. The van der Waals surface area contributed by atoms with E-state index < -0.39 is 0 Å². The van der Waals surface area contributed by atoms with Crippen LogP contribution in [0.5, 0.6) is 11.5 Å². The fraction of sp³-hybridized carbons (Fsp3) is 0.333. The molecule has 0 bridgehead atoms. The summed E-state index contributed by atoms with van der Waals surface area (Å²) >= 11 is 5.48. The van der Waals surface area contributed by atoms with Gasteiger partial charge >= 0.3 is 0 Å². The van der Waals surface area contributed by atoms with Crippen molar-refractivity contribution in [1.82, 2.24) is 20.1 Å². The first kappa shape index (κ1) is 18.7. The number of aromatic amines is 1. The molecular formula is C21H24N4O2S. The maximum Gasteiger partial charge on any atom is 0.200 e. The summed E-state index contributed by atoms with van der Waals surface area (Å²) in [5.74, 6) is 0.668. The van der Waals surface area contributed by atoms with Gasteiger partial charge in [-0.15, -0.1) is 0 Å². The Hall–Kier alpha value is -2.64. The van der Waals surface area contributed by atoms with E-state index >= 15 is 0 Å². The largest absolute Gasteiger partial charge is 0.508 e. The average Bonchev–Trinajstić information content (AvgIpc) is 3.23. The summed E-state index contributed by atoms with van der Waals surface area (Å²) in [6.45, 7) is 3.98. The third kappa shape index (κ3) is 3.10. The third-order valence-electron chi connectivity index (χ3n) is 5.47. The minimum atomic E-state index is -0.0337. The van der Waals surface area contributed by atoms with Crippen LogP contribution in [-0.4, -0.2) is 38.1 Å². The van der Waals surface area contributed by atoms with Gasteiger partial charge < -0.3 is 15.5 Å². The minimum absolute atomic E-state index is 0.0337. The van der Waals surface area contributed by atoms with Crippen LogP contribution in [0.2, 0.25) is 0 Å². The van der Waals surface area contributed by atoms with E-state index in [1.807, 2.05) is 31.5 Å². The molecule has 0 radical (unpaired) electrons. The molecule has 4 N–H and O–H groups in total. The molecule has 1 aliphatic carbocycles. The first-order chi connectivity index (χ1) is 13.4. The molecule has 4 rings (SSSR count). The summed E-state index contributed by atoms with van der Waals surface area (Å²) in [4.78, 5) is 0. The van der Waals surface area contributed by atoms with Crippen molar-refractivity contribution < 1.29 is 10.2 Å². The van der Waals surface area contributed by atoms with Crippen LogP contribution in [0.4, 0.5) is 0 Å². The highest BCUT2D eigenvalue weighted by Crippen LogP contribution is 2.38. The molecule has 1 unspecified atom stereocenters. The number of H-pyrrole nitrogens is 1. The zero-order valence-corrected chi connectivity index (χ0v) is 17.0. The molecule has 0 spiro atoms. The predicted octanol–water partition coefficient (Wildman–Crippen LogP) is 3.82. The Morgan fingerprint density at radius 3 is 2.61 bits per heavy atom. The number of likely N-dealkylation sites (N-methyl/N-ethyl adjacent to an activating group) is 1. The minimum Gasteiger partial charge on any atom is -0.508 e. The Morgan fingerprint density at radius 2 is 1.89 bits per heavy atom. The quantitative estimate of drug-likeness (QED) is 0.504. The summed E-state index contributed by atoms with van der Waals surface area (Å²) in [6.07, 6.45) is 1.99. The Balaban J connectivity index is 1.85. The van der Waals surface area contributed by atoms with Gasteiger partial charge in [-0.2, -0.15) is 5.10 Å². The van der Waals surface area contributed by atoms with Crippen molar-refractivity contribution in [3.8, 4) is 28.6 Å². The zero-order valence-electron chi connectivity index (χ0n) is 16.2. The molecule has 6 nitrogen and oxygen atoms in total. The van der Waals surface area contributed by atoms with E-state index in [4.69, 9.17) is 12.2 Å². The number of nitrogens with one attached hydrogen (secondary N) is 2. The first-order valence-corrected chi connectivity index (χ1v) is 9.83. The maximum atomic E-state index is 10.5. The summed E-state index contributed by atoms with van der Waals surface area (Å²) in [6, 6.07) is 9.91. The smallest absolute Gasteiger partial charge is 0.200 e. The van der Waals surface area contributed by atoms with Crippen LogP contribution in [0, 0.1) is 4.77 Å². The zero-order chi connectivity index (χ0) is 20.0. The molecule has 2 aromatic carbocycles. The van der Waals surface area contributed by atoms with E-state index in [0.717, 1.165) is 24.1 Å². The number of phenolic OH excluding ortho intramolecular Hbond substituents is 2. The predicted molar refractivity (Wildman–Crippen MR) is 112 cm³/mol. The number of hydrogen-bond acceptors (Lipinski definition) is 5. The van der Waals surface area contributed by atoms with Gasteiger partial charge in [-0.1, -0.05) is 19.9 Å². The van der Waals surface area contributed by atoms with E-state index in [-0.39, 0.29) is 17.4 Å². The lowest BCUT2D eigenvalue weighted by Gasteiger charge is -2.14. The van der Waals surface area contributed by atoms with E-state index in [2.05, 4.69) is 27.6 Å². The molecule has 1 heterocycles. The number of nitrogens with zero attached hydrogens (tertiary/aromatic N) is 2. The summed E-state index contributed by atoms with van der Waals surface area (Å²) < 4.78 is 2.29. The fourth-order valence-corrected chi connectivity index (χ4v) is 4.14. The molecule has 1 atom stereocenters. The molecule has 1 aliphatic rings. The van der Waals surface area contributed by atoms with Crippen molar-refractivity contribution in [2.75, 3.05) is 7.05 Å². The topological polar surface area (TPSA) is 86.1 Å². The van der Waals surface area contributed by atoms with Crippen LogP contribution in [-0.2, 0) is 12.8 Å². The molecule has 28 heavy (non-hydrogen) atoms. The molecule has 0 aliphatic heterocycles. The van der Waals surface area contributed by atoms with E-state index in [9.17, 15) is 10.2 Å². The van der Waals surface area contributed by atoms with Crippen molar-refractivity contribution >= 4 is 12.2 Å². The average molecular weight is 397 g/mol. The highest BCUT2D eigenvalue weighted by molar-refractivity contribution is 7.71. The SMILES string of the molecule is CNC1Cc2ccc(-n3c(-c4cc(C(C)C)c(O)cc4O)n[nH]c3=S)cc2C1. The lowest BCUT2D eigenvalue weighted by molar-refractivity contribution is 0.444. The van der Waals surface area contributed by atoms with Gasteiger partial charge in [0.15, 0.2) is 10.6 Å². The van der Waals surface area contributed by atoms with Crippen molar-refractivity contribution in [2.45, 2.75) is 38.6 Å². The second kappa shape index (κ2) is 7.07. The molecule has 0 amide bonds. The fourth-order valence-electron chi connectivity index (χ4n) is 3.90. The third-order valence-corrected chi connectivity index (χ3v) is 5.74. The van der Waals surface area contributed by atoms with Gasteiger partial charge in [-0.25, -0.2) is 0 Å².